The van der Waals surface area contributed by atoms with Crippen molar-refractivity contribution in [3.05, 3.63) is 66.4 Å². The van der Waals surface area contributed by atoms with Gasteiger partial charge in [-0.05, 0) is 30.9 Å². The second kappa shape index (κ2) is 7.55. The quantitative estimate of drug-likeness (QED) is 0.431. The van der Waals surface area contributed by atoms with Crippen molar-refractivity contribution in [3.63, 3.8) is 0 Å². The number of nitrogens with zero attached hydrogens (tertiary/aromatic N) is 2. The van der Waals surface area contributed by atoms with Crippen LogP contribution in [0.5, 0.6) is 0 Å². The van der Waals surface area contributed by atoms with E-state index in [1.807, 2.05) is 18.3 Å². The monoisotopic (exact) mass is 291 g/mol. The minimum atomic E-state index is 0.800. The van der Waals surface area contributed by atoms with E-state index < -0.39 is 0 Å². The minimum Gasteiger partial charge on any atom is -0.359 e. The number of unbranched alkanes of at least 4 members (excludes halogenated alkanes) is 2. The lowest BCUT2D eigenvalue weighted by molar-refractivity contribution is 0.677. The number of fused-ring (bicyclic) bond motifs is 1. The Morgan fingerprint density at radius 2 is 1.64 bits per heavy atom. The number of para-hydroxylation sites is 1. The van der Waals surface area contributed by atoms with Gasteiger partial charge in [-0.1, -0.05) is 55.0 Å². The Balaban J connectivity index is 1.40. The fourth-order valence-electron chi connectivity index (χ4n) is 2.60. The first-order chi connectivity index (χ1) is 10.9. The molecule has 1 aromatic heterocycles. The Kier molecular flexibility index (Phi) is 4.98. The van der Waals surface area contributed by atoms with E-state index in [1.165, 1.54) is 18.4 Å². The zero-order valence-corrected chi connectivity index (χ0v) is 12.7. The Bertz CT molecular complexity index is 729. The average Bonchev–Trinajstić information content (AvgIpc) is 2.98. The number of nitrogens with one attached hydrogen (secondary N) is 1. The molecule has 1 N–H and O–H groups in total. The van der Waals surface area contributed by atoms with E-state index in [-0.39, 0.29) is 0 Å². The maximum Gasteiger partial charge on any atom is 0.110 e. The lowest BCUT2D eigenvalue weighted by atomic mass is 10.1. The zero-order chi connectivity index (χ0) is 15.0. The van der Waals surface area contributed by atoms with Crippen molar-refractivity contribution in [2.45, 2.75) is 25.7 Å². The summed E-state index contributed by atoms with van der Waals surface area (Å²) in [5.41, 5.74) is 3.46. The predicted octanol–water partition coefficient (Wildman–Crippen LogP) is 5.66. The van der Waals surface area contributed by atoms with E-state index in [1.54, 1.807) is 0 Å². The summed E-state index contributed by atoms with van der Waals surface area (Å²) in [6.07, 6.45) is 6.58. The van der Waals surface area contributed by atoms with Gasteiger partial charge < -0.3 is 4.98 Å². The second-order valence-corrected chi connectivity index (χ2v) is 5.48. The van der Waals surface area contributed by atoms with Gasteiger partial charge in [-0.2, -0.15) is 10.2 Å². The van der Waals surface area contributed by atoms with Crippen LogP contribution in [-0.4, -0.2) is 11.5 Å². The molecule has 0 saturated heterocycles. The molecule has 22 heavy (non-hydrogen) atoms. The predicted molar refractivity (Wildman–Crippen MR) is 91.7 cm³/mol. The molecule has 0 unspecified atom stereocenters. The molecule has 0 bridgehead atoms. The van der Waals surface area contributed by atoms with Gasteiger partial charge in [-0.3, -0.25) is 0 Å². The number of azo groups is 1. The third-order valence-corrected chi connectivity index (χ3v) is 3.81. The highest BCUT2D eigenvalue weighted by Crippen LogP contribution is 2.25. The number of aromatic nitrogens is 1. The highest BCUT2D eigenvalue weighted by Gasteiger charge is 2.00. The summed E-state index contributed by atoms with van der Waals surface area (Å²) in [7, 11) is 0. The largest absolute Gasteiger partial charge is 0.359 e. The molecular formula is C19H21N3. The maximum absolute atomic E-state index is 4.34. The van der Waals surface area contributed by atoms with Crippen molar-refractivity contribution in [1.29, 1.82) is 0 Å². The molecule has 112 valence electrons. The molecule has 0 spiro atoms. The molecule has 0 saturated carbocycles. The summed E-state index contributed by atoms with van der Waals surface area (Å²) in [6.45, 7) is 0.800. The number of H-pyrrole nitrogens is 1. The summed E-state index contributed by atoms with van der Waals surface area (Å²) < 4.78 is 0. The molecule has 3 rings (SSSR count). The van der Waals surface area contributed by atoms with Gasteiger partial charge in [0.1, 0.15) is 5.69 Å². The van der Waals surface area contributed by atoms with Crippen molar-refractivity contribution >= 4 is 16.6 Å². The minimum absolute atomic E-state index is 0.800. The molecule has 0 amide bonds. The van der Waals surface area contributed by atoms with Crippen LogP contribution in [0.3, 0.4) is 0 Å². The van der Waals surface area contributed by atoms with Crippen molar-refractivity contribution in [2.24, 2.45) is 10.2 Å². The van der Waals surface area contributed by atoms with Gasteiger partial charge in [0.05, 0.1) is 6.54 Å². The lowest BCUT2D eigenvalue weighted by Crippen LogP contribution is -1.86. The molecule has 3 aromatic rings. The fraction of sp³-hybridized carbons (Fsp3) is 0.263. The van der Waals surface area contributed by atoms with Crippen LogP contribution in [0.4, 0.5) is 5.69 Å². The summed E-state index contributed by atoms with van der Waals surface area (Å²) in [5, 5.41) is 9.79. The summed E-state index contributed by atoms with van der Waals surface area (Å²) in [4.78, 5) is 3.21. The van der Waals surface area contributed by atoms with Crippen molar-refractivity contribution < 1.29 is 0 Å². The molecule has 0 fully saturated rings. The molecule has 0 atom stereocenters. The number of hydrogen-bond donors (Lipinski definition) is 1. The Morgan fingerprint density at radius 1 is 0.818 bits per heavy atom. The lowest BCUT2D eigenvalue weighted by Gasteiger charge is -1.99. The maximum atomic E-state index is 4.34. The van der Waals surface area contributed by atoms with Gasteiger partial charge in [0, 0.05) is 17.1 Å². The van der Waals surface area contributed by atoms with Gasteiger partial charge in [-0.15, -0.1) is 0 Å². The molecule has 0 aliphatic carbocycles. The van der Waals surface area contributed by atoms with Crippen LogP contribution in [0.1, 0.15) is 24.8 Å². The van der Waals surface area contributed by atoms with Crippen LogP contribution in [0.15, 0.2) is 71.0 Å². The second-order valence-electron chi connectivity index (χ2n) is 5.48. The number of hydrogen-bond acceptors (Lipinski definition) is 2. The highest BCUT2D eigenvalue weighted by atomic mass is 15.1. The molecule has 0 radical (unpaired) electrons. The average molecular weight is 291 g/mol. The first-order valence-corrected chi connectivity index (χ1v) is 7.91. The van der Waals surface area contributed by atoms with Crippen molar-refractivity contribution in [2.75, 3.05) is 6.54 Å². The van der Waals surface area contributed by atoms with E-state index in [2.05, 4.69) is 57.7 Å². The van der Waals surface area contributed by atoms with Gasteiger partial charge in [0.25, 0.3) is 0 Å². The van der Waals surface area contributed by atoms with Crippen molar-refractivity contribution in [3.8, 4) is 0 Å². The van der Waals surface area contributed by atoms with E-state index in [0.717, 1.165) is 36.0 Å². The van der Waals surface area contributed by atoms with E-state index in [0.29, 0.717) is 0 Å². The van der Waals surface area contributed by atoms with Crippen LogP contribution in [0, 0.1) is 0 Å². The topological polar surface area (TPSA) is 40.5 Å². The van der Waals surface area contributed by atoms with Gasteiger partial charge in [-0.25, -0.2) is 0 Å². The smallest absolute Gasteiger partial charge is 0.110 e. The third kappa shape index (κ3) is 3.82. The Morgan fingerprint density at radius 3 is 2.55 bits per heavy atom. The van der Waals surface area contributed by atoms with E-state index in [9.17, 15) is 0 Å². The standard InChI is InChI=1S/C19H21N3/c1-3-9-16(10-4-1)11-5-2-8-14-21-22-19-15-20-18-13-7-6-12-17(18)19/h1,3-4,6-7,9-10,12-13,15,20H,2,5,8,11,14H2. The number of benzene rings is 2. The van der Waals surface area contributed by atoms with Gasteiger partial charge in [0.15, 0.2) is 0 Å². The molecule has 1 heterocycles. The highest BCUT2D eigenvalue weighted by molar-refractivity contribution is 5.90. The van der Waals surface area contributed by atoms with Crippen LogP contribution >= 0.6 is 0 Å². The molecule has 3 heteroatoms. The van der Waals surface area contributed by atoms with Gasteiger partial charge in [0.2, 0.25) is 0 Å². The van der Waals surface area contributed by atoms with Crippen LogP contribution in [0.25, 0.3) is 10.9 Å². The fourth-order valence-corrected chi connectivity index (χ4v) is 2.60. The first-order valence-electron chi connectivity index (χ1n) is 7.91. The number of rotatable bonds is 7. The number of aryl methyl sites for hydroxylation is 1. The van der Waals surface area contributed by atoms with Gasteiger partial charge >= 0.3 is 0 Å². The van der Waals surface area contributed by atoms with E-state index in [4.69, 9.17) is 0 Å². The Labute approximate surface area is 131 Å². The zero-order valence-electron chi connectivity index (χ0n) is 12.7. The third-order valence-electron chi connectivity index (χ3n) is 3.81. The molecule has 3 nitrogen and oxygen atoms in total. The van der Waals surface area contributed by atoms with Crippen LogP contribution in [-0.2, 0) is 6.42 Å². The molecule has 0 aliphatic rings. The summed E-state index contributed by atoms with van der Waals surface area (Å²) in [6, 6.07) is 18.8. The van der Waals surface area contributed by atoms with Crippen molar-refractivity contribution in [1.82, 2.24) is 4.98 Å². The number of aromatic amines is 1. The van der Waals surface area contributed by atoms with Crippen LogP contribution < -0.4 is 0 Å². The molecular weight excluding hydrogens is 270 g/mol. The molecule has 2 aromatic carbocycles. The summed E-state index contributed by atoms with van der Waals surface area (Å²) >= 11 is 0. The SMILES string of the molecule is c1ccc(CCCCCN=Nc2c[nH]c3ccccc23)cc1. The molecule has 0 aliphatic heterocycles. The van der Waals surface area contributed by atoms with Crippen LogP contribution in [0.2, 0.25) is 0 Å². The normalized spacial score (nSPS) is 11.5. The summed E-state index contributed by atoms with van der Waals surface area (Å²) in [5.74, 6) is 0. The van der Waals surface area contributed by atoms with E-state index >= 15 is 0 Å². The Hall–Kier alpha value is -2.42. The first kappa shape index (κ1) is 14.5.